The van der Waals surface area contributed by atoms with Crippen LogP contribution in [0.3, 0.4) is 0 Å². The van der Waals surface area contributed by atoms with E-state index in [-0.39, 0.29) is 0 Å². The zero-order valence-electron chi connectivity index (χ0n) is 9.95. The Balaban J connectivity index is 1.82. The largest absolute Gasteiger partial charge is 0.282 e. The van der Waals surface area contributed by atoms with Crippen LogP contribution >= 0.6 is 23.5 Å². The highest BCUT2D eigenvalue weighted by atomic mass is 32.2. The minimum Gasteiger partial charge on any atom is -0.282 e. The van der Waals surface area contributed by atoms with Gasteiger partial charge in [0.05, 0.1) is 10.1 Å². The van der Waals surface area contributed by atoms with Crippen LogP contribution in [0.5, 0.6) is 0 Å². The highest BCUT2D eigenvalue weighted by Gasteiger charge is 2.20. The topological polar surface area (TPSA) is 24.7 Å². The molecule has 0 spiro atoms. The van der Waals surface area contributed by atoms with Crippen LogP contribution in [0.15, 0.2) is 9.98 Å². The summed E-state index contributed by atoms with van der Waals surface area (Å²) in [6, 6.07) is 0. The van der Waals surface area contributed by atoms with Crippen molar-refractivity contribution in [3.8, 4) is 0 Å². The molecule has 1 atom stereocenters. The van der Waals surface area contributed by atoms with Gasteiger partial charge in [-0.2, -0.15) is 0 Å². The quantitative estimate of drug-likeness (QED) is 0.727. The van der Waals surface area contributed by atoms with Crippen LogP contribution in [0.2, 0.25) is 0 Å². The van der Waals surface area contributed by atoms with Crippen molar-refractivity contribution in [1.82, 2.24) is 0 Å². The van der Waals surface area contributed by atoms with E-state index in [1.165, 1.54) is 47.3 Å². The van der Waals surface area contributed by atoms with Crippen molar-refractivity contribution < 1.29 is 0 Å². The van der Waals surface area contributed by atoms with Crippen molar-refractivity contribution >= 4 is 33.6 Å². The predicted octanol–water partition coefficient (Wildman–Crippen LogP) is 3.47. The molecule has 0 aromatic heterocycles. The Hall–Kier alpha value is 0.0400. The molecule has 2 aliphatic heterocycles. The van der Waals surface area contributed by atoms with E-state index in [9.17, 15) is 0 Å². The van der Waals surface area contributed by atoms with E-state index >= 15 is 0 Å². The summed E-state index contributed by atoms with van der Waals surface area (Å²) in [6.45, 7) is 4.35. The normalized spacial score (nSPS) is 22.1. The summed E-state index contributed by atoms with van der Waals surface area (Å²) in [7, 11) is 0. The molecule has 0 aliphatic carbocycles. The number of thioether (sulfide) groups is 2. The zero-order valence-corrected chi connectivity index (χ0v) is 11.6. The molecule has 0 aromatic carbocycles. The third kappa shape index (κ3) is 3.52. The smallest absolute Gasteiger partial charge is 0.0708 e. The molecular weight excluding hydrogens is 236 g/mol. The third-order valence-electron chi connectivity index (χ3n) is 2.95. The van der Waals surface area contributed by atoms with Crippen LogP contribution in [-0.2, 0) is 0 Å². The van der Waals surface area contributed by atoms with Gasteiger partial charge in [0, 0.05) is 30.5 Å². The summed E-state index contributed by atoms with van der Waals surface area (Å²) in [5.74, 6) is 3.11. The number of rotatable bonds is 6. The molecule has 0 bridgehead atoms. The van der Waals surface area contributed by atoms with Gasteiger partial charge in [0.25, 0.3) is 0 Å². The van der Waals surface area contributed by atoms with E-state index < -0.39 is 0 Å². The molecule has 0 N–H and O–H groups in total. The molecule has 0 fully saturated rings. The van der Waals surface area contributed by atoms with Crippen LogP contribution in [-0.4, -0.2) is 34.7 Å². The van der Waals surface area contributed by atoms with E-state index in [4.69, 9.17) is 0 Å². The molecule has 2 nitrogen and oxygen atoms in total. The lowest BCUT2D eigenvalue weighted by molar-refractivity contribution is 0.586. The number of hydrogen-bond acceptors (Lipinski definition) is 4. The van der Waals surface area contributed by atoms with Crippen LogP contribution in [0.25, 0.3) is 0 Å². The van der Waals surface area contributed by atoms with Gasteiger partial charge in [-0.25, -0.2) is 0 Å². The Labute approximate surface area is 107 Å². The van der Waals surface area contributed by atoms with Crippen molar-refractivity contribution in [3.05, 3.63) is 0 Å². The number of aliphatic imine (C=N–C) groups is 2. The van der Waals surface area contributed by atoms with Crippen molar-refractivity contribution in [1.29, 1.82) is 0 Å². The van der Waals surface area contributed by atoms with Gasteiger partial charge < -0.3 is 0 Å². The first-order valence-corrected chi connectivity index (χ1v) is 8.20. The molecule has 1 unspecified atom stereocenters. The van der Waals surface area contributed by atoms with Crippen molar-refractivity contribution in [3.63, 3.8) is 0 Å². The van der Waals surface area contributed by atoms with Crippen LogP contribution in [0.4, 0.5) is 0 Å². The molecule has 2 rings (SSSR count). The molecular formula is C12H20N2S2. The fourth-order valence-corrected chi connectivity index (χ4v) is 4.08. The Morgan fingerprint density at radius 1 is 1.12 bits per heavy atom. The minimum atomic E-state index is 0.710. The minimum absolute atomic E-state index is 0.710. The monoisotopic (exact) mass is 256 g/mol. The third-order valence-corrected chi connectivity index (χ3v) is 5.15. The second-order valence-electron chi connectivity index (χ2n) is 4.22. The van der Waals surface area contributed by atoms with E-state index in [1.54, 1.807) is 0 Å². The molecule has 16 heavy (non-hydrogen) atoms. The highest BCUT2D eigenvalue weighted by Crippen LogP contribution is 2.28. The van der Waals surface area contributed by atoms with Crippen LogP contribution in [0, 0.1) is 5.92 Å². The van der Waals surface area contributed by atoms with E-state index in [2.05, 4.69) is 16.9 Å². The lowest BCUT2D eigenvalue weighted by Gasteiger charge is -2.15. The van der Waals surface area contributed by atoms with Gasteiger partial charge in [0.15, 0.2) is 0 Å². The summed E-state index contributed by atoms with van der Waals surface area (Å²) >= 11 is 3.92. The summed E-state index contributed by atoms with van der Waals surface area (Å²) in [6.07, 6.45) is 4.99. The second kappa shape index (κ2) is 6.70. The molecule has 2 aliphatic rings. The van der Waals surface area contributed by atoms with Gasteiger partial charge in [0.1, 0.15) is 0 Å². The molecule has 90 valence electrons. The van der Waals surface area contributed by atoms with Crippen LogP contribution < -0.4 is 0 Å². The SMILES string of the molecule is CCCC(CCC1=NCCS1)C1=NCCS1. The summed E-state index contributed by atoms with van der Waals surface area (Å²) in [5.41, 5.74) is 0. The molecule has 0 aromatic rings. The molecule has 0 amide bonds. The summed E-state index contributed by atoms with van der Waals surface area (Å²) < 4.78 is 0. The molecule has 2 heterocycles. The number of hydrogen-bond donors (Lipinski definition) is 0. The molecule has 0 saturated carbocycles. The maximum absolute atomic E-state index is 4.63. The first kappa shape index (κ1) is 12.5. The fourth-order valence-electron chi connectivity index (χ4n) is 2.17. The van der Waals surface area contributed by atoms with Crippen molar-refractivity contribution in [2.75, 3.05) is 24.6 Å². The summed E-state index contributed by atoms with van der Waals surface area (Å²) in [5, 5.41) is 2.80. The van der Waals surface area contributed by atoms with Gasteiger partial charge in [-0.15, -0.1) is 23.5 Å². The first-order chi connectivity index (χ1) is 7.90. The van der Waals surface area contributed by atoms with Gasteiger partial charge >= 0.3 is 0 Å². The molecule has 0 saturated heterocycles. The standard InChI is InChI=1S/C12H20N2S2/c1-2-3-10(12-14-7-9-16-12)4-5-11-13-6-8-15-11/h10H,2-9H2,1H3. The fraction of sp³-hybridized carbons (Fsp3) is 0.833. The Bertz CT molecular complexity index is 287. The van der Waals surface area contributed by atoms with Crippen molar-refractivity contribution in [2.24, 2.45) is 15.9 Å². The Morgan fingerprint density at radius 2 is 1.94 bits per heavy atom. The first-order valence-electron chi connectivity index (χ1n) is 6.23. The zero-order chi connectivity index (χ0) is 11.2. The van der Waals surface area contributed by atoms with E-state index in [0.717, 1.165) is 13.1 Å². The Kier molecular flexibility index (Phi) is 5.23. The average Bonchev–Trinajstić information content (AvgIpc) is 2.96. The molecule has 0 radical (unpaired) electrons. The Morgan fingerprint density at radius 3 is 2.56 bits per heavy atom. The van der Waals surface area contributed by atoms with Crippen molar-refractivity contribution in [2.45, 2.75) is 32.6 Å². The van der Waals surface area contributed by atoms with Crippen LogP contribution in [0.1, 0.15) is 32.6 Å². The molecule has 4 heteroatoms. The van der Waals surface area contributed by atoms with E-state index in [1.807, 2.05) is 23.5 Å². The maximum Gasteiger partial charge on any atom is 0.0708 e. The van der Waals surface area contributed by atoms with Gasteiger partial charge in [0.2, 0.25) is 0 Å². The lowest BCUT2D eigenvalue weighted by Crippen LogP contribution is -2.11. The lowest BCUT2D eigenvalue weighted by atomic mass is 9.99. The second-order valence-corrected chi connectivity index (χ2v) is 6.50. The number of nitrogens with zero attached hydrogens (tertiary/aromatic N) is 2. The maximum atomic E-state index is 4.63. The average molecular weight is 256 g/mol. The highest BCUT2D eigenvalue weighted by molar-refractivity contribution is 8.14. The predicted molar refractivity (Wildman–Crippen MR) is 77.2 cm³/mol. The van der Waals surface area contributed by atoms with Gasteiger partial charge in [-0.3, -0.25) is 9.98 Å². The van der Waals surface area contributed by atoms with E-state index in [0.29, 0.717) is 5.92 Å². The van der Waals surface area contributed by atoms with Gasteiger partial charge in [-0.05, 0) is 19.3 Å². The van der Waals surface area contributed by atoms with Gasteiger partial charge in [-0.1, -0.05) is 13.3 Å². The summed E-state index contributed by atoms with van der Waals surface area (Å²) in [4.78, 5) is 9.16.